The second-order valence-electron chi connectivity index (χ2n) is 6.62. The molecule has 0 radical (unpaired) electrons. The third kappa shape index (κ3) is 3.25. The Morgan fingerprint density at radius 1 is 1.25 bits per heavy atom. The third-order valence-electron chi connectivity index (χ3n) is 4.48. The Hall–Kier alpha value is -2.44. The van der Waals surface area contributed by atoms with Crippen LogP contribution in [0.4, 0.5) is 5.95 Å². The van der Waals surface area contributed by atoms with E-state index in [-0.39, 0.29) is 11.7 Å². The van der Waals surface area contributed by atoms with Crippen LogP contribution in [-0.2, 0) is 0 Å². The molecule has 4 rings (SSSR count). The van der Waals surface area contributed by atoms with Gasteiger partial charge in [-0.3, -0.25) is 4.79 Å². The van der Waals surface area contributed by atoms with E-state index < -0.39 is 0 Å². The first-order chi connectivity index (χ1) is 11.7. The molecule has 0 atom stereocenters. The zero-order chi connectivity index (χ0) is 16.5. The van der Waals surface area contributed by atoms with Crippen molar-refractivity contribution in [1.82, 2.24) is 20.0 Å². The van der Waals surface area contributed by atoms with Gasteiger partial charge in [0.05, 0.1) is 5.69 Å². The number of anilines is 1. The maximum atomic E-state index is 12.4. The average Bonchev–Trinajstić information content (AvgIpc) is 3.04. The molecule has 0 spiro atoms. The van der Waals surface area contributed by atoms with Crippen molar-refractivity contribution in [3.63, 3.8) is 0 Å². The smallest absolute Gasteiger partial charge is 0.292 e. The zero-order valence-corrected chi connectivity index (χ0v) is 13.8. The molecule has 2 aromatic heterocycles. The van der Waals surface area contributed by atoms with E-state index in [1.165, 1.54) is 12.8 Å². The van der Waals surface area contributed by atoms with Gasteiger partial charge in [-0.05, 0) is 44.6 Å². The molecule has 126 valence electrons. The molecule has 1 aliphatic carbocycles. The average molecular weight is 327 g/mol. The second kappa shape index (κ2) is 6.22. The van der Waals surface area contributed by atoms with Crippen LogP contribution in [-0.4, -0.2) is 45.6 Å². The normalized spacial score (nSPS) is 17.3. The molecule has 0 aromatic carbocycles. The van der Waals surface area contributed by atoms with Crippen LogP contribution >= 0.6 is 0 Å². The molecule has 7 nitrogen and oxygen atoms in total. The lowest BCUT2D eigenvalue weighted by molar-refractivity contribution is 0.0751. The molecule has 1 amide bonds. The molecular formula is C17H21N5O2. The molecule has 3 heterocycles. The second-order valence-corrected chi connectivity index (χ2v) is 6.62. The van der Waals surface area contributed by atoms with E-state index in [1.807, 2.05) is 13.0 Å². The number of carbonyl (C=O) groups excluding carboxylic acids is 1. The molecule has 2 fully saturated rings. The first-order valence-electron chi connectivity index (χ1n) is 8.55. The highest BCUT2D eigenvalue weighted by Gasteiger charge is 2.24. The summed E-state index contributed by atoms with van der Waals surface area (Å²) < 4.78 is 5.26. The zero-order valence-electron chi connectivity index (χ0n) is 13.8. The molecule has 1 aliphatic heterocycles. The molecule has 7 heteroatoms. The summed E-state index contributed by atoms with van der Waals surface area (Å²) in [5.41, 5.74) is 2.09. The Morgan fingerprint density at radius 3 is 2.79 bits per heavy atom. The maximum Gasteiger partial charge on any atom is 0.292 e. The van der Waals surface area contributed by atoms with E-state index in [4.69, 9.17) is 4.52 Å². The predicted octanol–water partition coefficient (Wildman–Crippen LogP) is 2.50. The molecule has 0 unspecified atom stereocenters. The molecule has 1 saturated carbocycles. The van der Waals surface area contributed by atoms with Crippen LogP contribution < -0.4 is 5.32 Å². The van der Waals surface area contributed by atoms with Crippen molar-refractivity contribution in [2.45, 2.75) is 32.6 Å². The Balaban J connectivity index is 1.53. The van der Waals surface area contributed by atoms with E-state index in [1.54, 1.807) is 11.0 Å². The van der Waals surface area contributed by atoms with Crippen molar-refractivity contribution in [1.29, 1.82) is 0 Å². The van der Waals surface area contributed by atoms with Crippen LogP contribution in [0.15, 0.2) is 16.7 Å². The van der Waals surface area contributed by atoms with Gasteiger partial charge in [0.2, 0.25) is 11.7 Å². The van der Waals surface area contributed by atoms with Crippen molar-refractivity contribution in [3.8, 4) is 11.4 Å². The molecular weight excluding hydrogens is 306 g/mol. The topological polar surface area (TPSA) is 84.2 Å². The van der Waals surface area contributed by atoms with E-state index in [0.717, 1.165) is 44.1 Å². The first kappa shape index (κ1) is 15.1. The lowest BCUT2D eigenvalue weighted by Gasteiger charge is -2.11. The summed E-state index contributed by atoms with van der Waals surface area (Å²) >= 11 is 0. The van der Waals surface area contributed by atoms with Crippen molar-refractivity contribution in [2.75, 3.05) is 25.0 Å². The van der Waals surface area contributed by atoms with Crippen molar-refractivity contribution >= 4 is 11.9 Å². The van der Waals surface area contributed by atoms with Gasteiger partial charge in [-0.2, -0.15) is 0 Å². The predicted molar refractivity (Wildman–Crippen MR) is 88.6 cm³/mol. The number of rotatable bonds is 5. The van der Waals surface area contributed by atoms with Gasteiger partial charge >= 0.3 is 0 Å². The number of amides is 1. The number of aromatic nitrogens is 3. The quantitative estimate of drug-likeness (QED) is 0.908. The summed E-state index contributed by atoms with van der Waals surface area (Å²) in [5, 5.41) is 7.30. The van der Waals surface area contributed by atoms with Crippen LogP contribution in [0.25, 0.3) is 11.4 Å². The van der Waals surface area contributed by atoms with Crippen molar-refractivity contribution in [2.24, 2.45) is 5.92 Å². The summed E-state index contributed by atoms with van der Waals surface area (Å²) in [6.45, 7) is 4.40. The standard InChI is InChI=1S/C17H21N5O2/c1-11-8-13(20-17(19-11)18-10-12-4-5-12)14-9-15(24-21-14)16(23)22-6-2-3-7-22/h8-9,12H,2-7,10H2,1H3,(H,18,19,20). The van der Waals surface area contributed by atoms with Gasteiger partial charge < -0.3 is 14.7 Å². The lowest BCUT2D eigenvalue weighted by Crippen LogP contribution is -2.27. The number of nitrogens with zero attached hydrogens (tertiary/aromatic N) is 4. The Kier molecular flexibility index (Phi) is 3.92. The fraction of sp³-hybridized carbons (Fsp3) is 0.529. The molecule has 24 heavy (non-hydrogen) atoms. The number of nitrogens with one attached hydrogen (secondary N) is 1. The van der Waals surface area contributed by atoms with Gasteiger partial charge in [-0.25, -0.2) is 9.97 Å². The minimum absolute atomic E-state index is 0.0934. The van der Waals surface area contributed by atoms with E-state index >= 15 is 0 Å². The molecule has 0 bridgehead atoms. The summed E-state index contributed by atoms with van der Waals surface area (Å²) in [6, 6.07) is 3.53. The molecule has 1 saturated heterocycles. The fourth-order valence-electron chi connectivity index (χ4n) is 2.91. The van der Waals surface area contributed by atoms with Crippen LogP contribution in [0.5, 0.6) is 0 Å². The van der Waals surface area contributed by atoms with Crippen molar-refractivity contribution < 1.29 is 9.32 Å². The third-order valence-corrected chi connectivity index (χ3v) is 4.48. The van der Waals surface area contributed by atoms with E-state index in [2.05, 4.69) is 20.4 Å². The maximum absolute atomic E-state index is 12.4. The van der Waals surface area contributed by atoms with Gasteiger partial charge in [0.25, 0.3) is 5.91 Å². The molecule has 1 N–H and O–H groups in total. The Bertz CT molecular complexity index is 747. The minimum Gasteiger partial charge on any atom is -0.354 e. The molecule has 2 aliphatic rings. The highest BCUT2D eigenvalue weighted by Crippen LogP contribution is 2.29. The summed E-state index contributed by atoms with van der Waals surface area (Å²) in [5.74, 6) is 1.53. The number of carbonyl (C=O) groups is 1. The van der Waals surface area contributed by atoms with Gasteiger partial charge in [0, 0.05) is 31.4 Å². The lowest BCUT2D eigenvalue weighted by atomic mass is 10.2. The highest BCUT2D eigenvalue weighted by atomic mass is 16.5. The van der Waals surface area contributed by atoms with Gasteiger partial charge in [-0.1, -0.05) is 5.16 Å². The van der Waals surface area contributed by atoms with Gasteiger partial charge in [-0.15, -0.1) is 0 Å². The summed E-state index contributed by atoms with van der Waals surface area (Å²) in [6.07, 6.45) is 4.65. The first-order valence-corrected chi connectivity index (χ1v) is 8.55. The largest absolute Gasteiger partial charge is 0.354 e. The minimum atomic E-state index is -0.0934. The van der Waals surface area contributed by atoms with Crippen LogP contribution in [0.1, 0.15) is 41.9 Å². The Morgan fingerprint density at radius 2 is 2.04 bits per heavy atom. The SMILES string of the molecule is Cc1cc(-c2cc(C(=O)N3CCCC3)on2)nc(NCC2CC2)n1. The van der Waals surface area contributed by atoms with Crippen LogP contribution in [0, 0.1) is 12.8 Å². The Labute approximate surface area is 140 Å². The van der Waals surface area contributed by atoms with Gasteiger partial charge in [0.1, 0.15) is 5.69 Å². The van der Waals surface area contributed by atoms with Crippen LogP contribution in [0.3, 0.4) is 0 Å². The van der Waals surface area contributed by atoms with Crippen molar-refractivity contribution in [3.05, 3.63) is 23.6 Å². The van der Waals surface area contributed by atoms with E-state index in [0.29, 0.717) is 17.3 Å². The summed E-state index contributed by atoms with van der Waals surface area (Å²) in [7, 11) is 0. The van der Waals surface area contributed by atoms with E-state index in [9.17, 15) is 4.79 Å². The highest BCUT2D eigenvalue weighted by molar-refractivity contribution is 5.92. The molecule has 2 aromatic rings. The fourth-order valence-corrected chi connectivity index (χ4v) is 2.91. The number of aryl methyl sites for hydroxylation is 1. The van der Waals surface area contributed by atoms with Gasteiger partial charge in [0.15, 0.2) is 0 Å². The number of hydrogen-bond acceptors (Lipinski definition) is 6. The monoisotopic (exact) mass is 327 g/mol. The summed E-state index contributed by atoms with van der Waals surface area (Å²) in [4.78, 5) is 23.1. The number of hydrogen-bond donors (Lipinski definition) is 1. The van der Waals surface area contributed by atoms with Crippen LogP contribution in [0.2, 0.25) is 0 Å². The number of likely N-dealkylation sites (tertiary alicyclic amines) is 1.